The lowest BCUT2D eigenvalue weighted by atomic mass is 10.2. The largest absolute Gasteiger partial charge is 0.490 e. The van der Waals surface area contributed by atoms with Crippen LogP contribution in [0.4, 0.5) is 17.1 Å². The molecule has 0 aromatic heterocycles. The third kappa shape index (κ3) is 6.48. The van der Waals surface area contributed by atoms with Crippen molar-refractivity contribution in [1.29, 1.82) is 0 Å². The van der Waals surface area contributed by atoms with Crippen molar-refractivity contribution in [2.24, 2.45) is 5.10 Å². The molecule has 0 atom stereocenters. The first-order valence-corrected chi connectivity index (χ1v) is 11.4. The van der Waals surface area contributed by atoms with Gasteiger partial charge in [-0.3, -0.25) is 15.1 Å². The van der Waals surface area contributed by atoms with E-state index in [4.69, 9.17) is 9.47 Å². The van der Waals surface area contributed by atoms with Crippen LogP contribution >= 0.6 is 0 Å². The number of benzene rings is 4. The maximum atomic E-state index is 13.3. The molecule has 176 valence electrons. The van der Waals surface area contributed by atoms with Crippen LogP contribution in [0.3, 0.4) is 0 Å². The van der Waals surface area contributed by atoms with E-state index in [1.54, 1.807) is 17.2 Å². The first-order chi connectivity index (χ1) is 17.2. The molecule has 0 aliphatic heterocycles. The van der Waals surface area contributed by atoms with Crippen LogP contribution < -0.4 is 19.8 Å². The van der Waals surface area contributed by atoms with E-state index in [0.29, 0.717) is 18.1 Å². The SMILES string of the molecule is CCOc1cc(C=NNc2ccccc2)ccc1OCC(=O)N(c1ccccc1)c1ccccc1. The lowest BCUT2D eigenvalue weighted by Gasteiger charge is -2.23. The summed E-state index contributed by atoms with van der Waals surface area (Å²) < 4.78 is 11.7. The predicted molar refractivity (Wildman–Crippen MR) is 141 cm³/mol. The quantitative estimate of drug-likeness (QED) is 0.221. The molecule has 0 spiro atoms. The molecule has 0 saturated heterocycles. The van der Waals surface area contributed by atoms with Gasteiger partial charge in [0.1, 0.15) is 0 Å². The third-order valence-corrected chi connectivity index (χ3v) is 5.08. The van der Waals surface area contributed by atoms with Crippen LogP contribution in [0.1, 0.15) is 12.5 Å². The zero-order valence-electron chi connectivity index (χ0n) is 19.5. The van der Waals surface area contributed by atoms with Gasteiger partial charge in [-0.05, 0) is 67.1 Å². The van der Waals surface area contributed by atoms with Crippen LogP contribution in [0.2, 0.25) is 0 Å². The van der Waals surface area contributed by atoms with Crippen molar-refractivity contribution in [3.05, 3.63) is 115 Å². The number of hydrogen-bond acceptors (Lipinski definition) is 5. The summed E-state index contributed by atoms with van der Waals surface area (Å²) in [5.74, 6) is 0.854. The highest BCUT2D eigenvalue weighted by Crippen LogP contribution is 2.29. The van der Waals surface area contributed by atoms with E-state index >= 15 is 0 Å². The van der Waals surface area contributed by atoms with Crippen LogP contribution in [-0.4, -0.2) is 25.3 Å². The van der Waals surface area contributed by atoms with E-state index in [2.05, 4.69) is 10.5 Å². The number of hydrazone groups is 1. The van der Waals surface area contributed by atoms with Crippen molar-refractivity contribution in [3.63, 3.8) is 0 Å². The van der Waals surface area contributed by atoms with Crippen LogP contribution in [0.5, 0.6) is 11.5 Å². The predicted octanol–water partition coefficient (Wildman–Crippen LogP) is 6.28. The molecule has 0 heterocycles. The molecule has 0 saturated carbocycles. The Morgan fingerprint density at radius 1 is 0.800 bits per heavy atom. The fourth-order valence-electron chi connectivity index (χ4n) is 3.48. The minimum Gasteiger partial charge on any atom is -0.490 e. The Morgan fingerprint density at radius 3 is 2.00 bits per heavy atom. The van der Waals surface area contributed by atoms with E-state index in [1.165, 1.54) is 0 Å². The molecule has 0 aliphatic carbocycles. The van der Waals surface area contributed by atoms with Gasteiger partial charge in [0, 0.05) is 11.4 Å². The molecule has 0 radical (unpaired) electrons. The van der Waals surface area contributed by atoms with E-state index in [9.17, 15) is 4.79 Å². The minimum absolute atomic E-state index is 0.146. The molecule has 1 amide bonds. The third-order valence-electron chi connectivity index (χ3n) is 5.08. The molecule has 0 fully saturated rings. The first kappa shape index (κ1) is 23.6. The number of amides is 1. The van der Waals surface area contributed by atoms with Gasteiger partial charge >= 0.3 is 0 Å². The lowest BCUT2D eigenvalue weighted by Crippen LogP contribution is -2.31. The molecule has 6 heteroatoms. The van der Waals surface area contributed by atoms with Gasteiger partial charge in [-0.15, -0.1) is 0 Å². The molecular formula is C29H27N3O3. The number of hydrogen-bond donors (Lipinski definition) is 1. The Labute approximate surface area is 205 Å². The summed E-state index contributed by atoms with van der Waals surface area (Å²) in [4.78, 5) is 14.9. The molecule has 1 N–H and O–H groups in total. The standard InChI is InChI=1S/C29H27N3O3/c1-2-34-28-20-23(21-30-31-24-12-6-3-7-13-24)18-19-27(28)35-22-29(33)32(25-14-8-4-9-15-25)26-16-10-5-11-17-26/h3-21,31H,2,22H2,1H3. The Kier molecular flexibility index (Phi) is 8.11. The van der Waals surface area contributed by atoms with Crippen molar-refractivity contribution in [1.82, 2.24) is 0 Å². The second-order valence-electron chi connectivity index (χ2n) is 7.56. The van der Waals surface area contributed by atoms with Gasteiger partial charge in [-0.1, -0.05) is 54.6 Å². The number of para-hydroxylation sites is 3. The molecule has 4 aromatic rings. The molecule has 35 heavy (non-hydrogen) atoms. The van der Waals surface area contributed by atoms with Crippen molar-refractivity contribution in [2.75, 3.05) is 23.5 Å². The normalized spacial score (nSPS) is 10.7. The maximum Gasteiger partial charge on any atom is 0.269 e. The lowest BCUT2D eigenvalue weighted by molar-refractivity contribution is -0.119. The number of rotatable bonds is 10. The topological polar surface area (TPSA) is 63.2 Å². The van der Waals surface area contributed by atoms with Crippen molar-refractivity contribution in [2.45, 2.75) is 6.92 Å². The average molecular weight is 466 g/mol. The van der Waals surface area contributed by atoms with Crippen LogP contribution in [-0.2, 0) is 4.79 Å². The smallest absolute Gasteiger partial charge is 0.269 e. The summed E-state index contributed by atoms with van der Waals surface area (Å²) in [7, 11) is 0. The number of carbonyl (C=O) groups excluding carboxylic acids is 1. The molecule has 0 unspecified atom stereocenters. The summed E-state index contributed by atoms with van der Waals surface area (Å²) >= 11 is 0. The maximum absolute atomic E-state index is 13.3. The Morgan fingerprint density at radius 2 is 1.40 bits per heavy atom. The first-order valence-electron chi connectivity index (χ1n) is 11.4. The minimum atomic E-state index is -0.192. The molecule has 6 nitrogen and oxygen atoms in total. The fourth-order valence-corrected chi connectivity index (χ4v) is 3.48. The number of nitrogens with zero attached hydrogens (tertiary/aromatic N) is 2. The highest BCUT2D eigenvalue weighted by atomic mass is 16.5. The molecule has 0 aliphatic rings. The second kappa shape index (κ2) is 12.0. The van der Waals surface area contributed by atoms with Gasteiger partial charge in [0.05, 0.1) is 18.5 Å². The summed E-state index contributed by atoms with van der Waals surface area (Å²) in [6.45, 7) is 2.22. The van der Waals surface area contributed by atoms with E-state index in [1.807, 2.05) is 110 Å². The van der Waals surface area contributed by atoms with Crippen LogP contribution in [0.15, 0.2) is 114 Å². The second-order valence-corrected chi connectivity index (χ2v) is 7.56. The van der Waals surface area contributed by atoms with Gasteiger partial charge < -0.3 is 9.47 Å². The molecule has 4 rings (SSSR count). The summed E-state index contributed by atoms with van der Waals surface area (Å²) in [5, 5.41) is 4.28. The zero-order chi connectivity index (χ0) is 24.3. The summed E-state index contributed by atoms with van der Waals surface area (Å²) in [5.41, 5.74) is 6.27. The zero-order valence-corrected chi connectivity index (χ0v) is 19.5. The number of ether oxygens (including phenoxy) is 2. The van der Waals surface area contributed by atoms with Crippen LogP contribution in [0, 0.1) is 0 Å². The van der Waals surface area contributed by atoms with E-state index < -0.39 is 0 Å². The van der Waals surface area contributed by atoms with E-state index in [-0.39, 0.29) is 12.5 Å². The average Bonchev–Trinajstić information content (AvgIpc) is 2.90. The van der Waals surface area contributed by atoms with Gasteiger partial charge in [0.15, 0.2) is 18.1 Å². The number of nitrogens with one attached hydrogen (secondary N) is 1. The van der Waals surface area contributed by atoms with Gasteiger partial charge in [0.2, 0.25) is 0 Å². The summed E-state index contributed by atoms with van der Waals surface area (Å²) in [6, 6.07) is 34.2. The Balaban J connectivity index is 1.48. The van der Waals surface area contributed by atoms with E-state index in [0.717, 1.165) is 22.6 Å². The van der Waals surface area contributed by atoms with Crippen LogP contribution in [0.25, 0.3) is 0 Å². The Hall–Kier alpha value is -4.58. The van der Waals surface area contributed by atoms with Gasteiger partial charge in [-0.2, -0.15) is 5.10 Å². The van der Waals surface area contributed by atoms with Crippen molar-refractivity contribution in [3.8, 4) is 11.5 Å². The molecule has 4 aromatic carbocycles. The highest BCUT2D eigenvalue weighted by molar-refractivity contribution is 6.01. The fraction of sp³-hybridized carbons (Fsp3) is 0.103. The van der Waals surface area contributed by atoms with Crippen molar-refractivity contribution < 1.29 is 14.3 Å². The molecular weight excluding hydrogens is 438 g/mol. The van der Waals surface area contributed by atoms with Gasteiger partial charge in [-0.25, -0.2) is 0 Å². The molecule has 0 bridgehead atoms. The monoisotopic (exact) mass is 465 g/mol. The highest BCUT2D eigenvalue weighted by Gasteiger charge is 2.19. The number of anilines is 3. The van der Waals surface area contributed by atoms with Gasteiger partial charge in [0.25, 0.3) is 5.91 Å². The van der Waals surface area contributed by atoms with Crippen molar-refractivity contribution >= 4 is 29.2 Å². The number of carbonyl (C=O) groups is 1. The summed E-state index contributed by atoms with van der Waals surface area (Å²) in [6.07, 6.45) is 1.71. The Bertz CT molecular complexity index is 1210.